The molecule has 0 saturated carbocycles. The Bertz CT molecular complexity index is 888. The maximum absolute atomic E-state index is 12.3. The summed E-state index contributed by atoms with van der Waals surface area (Å²) in [6.45, 7) is 4.28. The molecule has 0 aliphatic carbocycles. The maximum Gasteiger partial charge on any atom is 0.256 e. The van der Waals surface area contributed by atoms with Gasteiger partial charge in [-0.2, -0.15) is 4.98 Å². The number of benzene rings is 1. The number of nitrogens with one attached hydrogen (secondary N) is 2. The fraction of sp³-hybridized carbons (Fsp3) is 0.400. The Balaban J connectivity index is 1.91. The highest BCUT2D eigenvalue weighted by Gasteiger charge is 2.21. The van der Waals surface area contributed by atoms with Crippen molar-refractivity contribution in [2.45, 2.75) is 13.3 Å². The van der Waals surface area contributed by atoms with E-state index in [-0.39, 0.29) is 11.8 Å². The first kappa shape index (κ1) is 20.4. The van der Waals surface area contributed by atoms with Crippen molar-refractivity contribution in [3.8, 4) is 5.75 Å². The number of methoxy groups -OCH3 is 1. The summed E-state index contributed by atoms with van der Waals surface area (Å²) in [6.07, 6.45) is 2.35. The monoisotopic (exact) mass is 398 g/mol. The summed E-state index contributed by atoms with van der Waals surface area (Å²) in [5, 5.41) is 5.82. The fourth-order valence-corrected chi connectivity index (χ4v) is 3.23. The minimum Gasteiger partial charge on any atom is -0.495 e. The van der Waals surface area contributed by atoms with Gasteiger partial charge in [-0.15, -0.1) is 0 Å². The molecule has 9 heteroatoms. The quantitative estimate of drug-likeness (QED) is 0.790. The van der Waals surface area contributed by atoms with E-state index in [1.165, 1.54) is 6.20 Å². The number of anilines is 3. The molecule has 3 rings (SSSR count). The summed E-state index contributed by atoms with van der Waals surface area (Å²) in [6, 6.07) is 7.42. The van der Waals surface area contributed by atoms with Crippen LogP contribution in [-0.2, 0) is 4.79 Å². The van der Waals surface area contributed by atoms with Gasteiger partial charge in [0.2, 0.25) is 11.9 Å². The van der Waals surface area contributed by atoms with Gasteiger partial charge in [-0.05, 0) is 18.6 Å². The van der Waals surface area contributed by atoms with Gasteiger partial charge in [0.15, 0.2) is 0 Å². The molecule has 1 fully saturated rings. The van der Waals surface area contributed by atoms with Crippen molar-refractivity contribution < 1.29 is 14.3 Å². The van der Waals surface area contributed by atoms with Crippen molar-refractivity contribution in [3.05, 3.63) is 36.0 Å². The summed E-state index contributed by atoms with van der Waals surface area (Å²) < 4.78 is 5.39. The number of para-hydroxylation sites is 2. The molecule has 1 aromatic carbocycles. The van der Waals surface area contributed by atoms with Gasteiger partial charge in [0, 0.05) is 46.3 Å². The maximum atomic E-state index is 12.3. The van der Waals surface area contributed by atoms with Gasteiger partial charge >= 0.3 is 0 Å². The van der Waals surface area contributed by atoms with E-state index < -0.39 is 0 Å². The Morgan fingerprint density at radius 3 is 2.66 bits per heavy atom. The van der Waals surface area contributed by atoms with Crippen LogP contribution in [0, 0.1) is 0 Å². The molecule has 0 atom stereocenters. The summed E-state index contributed by atoms with van der Waals surface area (Å²) in [5.74, 6) is 1.34. The summed E-state index contributed by atoms with van der Waals surface area (Å²) in [5.41, 5.74) is 1.03. The third-order valence-electron chi connectivity index (χ3n) is 4.83. The van der Waals surface area contributed by atoms with Crippen LogP contribution < -0.4 is 20.3 Å². The lowest BCUT2D eigenvalue weighted by Crippen LogP contribution is -2.34. The number of hydrogen-bond donors (Lipinski definition) is 2. The smallest absolute Gasteiger partial charge is 0.256 e. The minimum atomic E-state index is -0.285. The SMILES string of the molecule is CNC(=O)c1cnc(N2CCCN(C(C)=O)CC2)nc1Nc1ccccc1OC. The summed E-state index contributed by atoms with van der Waals surface area (Å²) in [4.78, 5) is 36.9. The molecule has 1 saturated heterocycles. The molecule has 1 aromatic heterocycles. The van der Waals surface area contributed by atoms with Crippen molar-refractivity contribution in [3.63, 3.8) is 0 Å². The van der Waals surface area contributed by atoms with Crippen molar-refractivity contribution in [1.29, 1.82) is 0 Å². The molecule has 0 bridgehead atoms. The molecule has 29 heavy (non-hydrogen) atoms. The first-order valence-corrected chi connectivity index (χ1v) is 9.53. The van der Waals surface area contributed by atoms with Crippen LogP contribution in [0.3, 0.4) is 0 Å². The third-order valence-corrected chi connectivity index (χ3v) is 4.83. The molecular weight excluding hydrogens is 372 g/mol. The largest absolute Gasteiger partial charge is 0.495 e. The minimum absolute atomic E-state index is 0.0706. The van der Waals surface area contributed by atoms with Crippen LogP contribution in [0.25, 0.3) is 0 Å². The van der Waals surface area contributed by atoms with Gasteiger partial charge in [0.05, 0.1) is 12.8 Å². The molecule has 2 N–H and O–H groups in total. The van der Waals surface area contributed by atoms with E-state index in [9.17, 15) is 9.59 Å². The Morgan fingerprint density at radius 1 is 1.14 bits per heavy atom. The molecule has 2 heterocycles. The van der Waals surface area contributed by atoms with Gasteiger partial charge in [-0.1, -0.05) is 12.1 Å². The van der Waals surface area contributed by atoms with Crippen molar-refractivity contribution in [2.24, 2.45) is 0 Å². The van der Waals surface area contributed by atoms with Crippen molar-refractivity contribution in [1.82, 2.24) is 20.2 Å². The van der Waals surface area contributed by atoms with Crippen molar-refractivity contribution >= 4 is 29.3 Å². The average Bonchev–Trinajstić information content (AvgIpc) is 3.00. The lowest BCUT2D eigenvalue weighted by atomic mass is 10.2. The third kappa shape index (κ3) is 4.74. The van der Waals surface area contributed by atoms with Gasteiger partial charge in [-0.25, -0.2) is 4.98 Å². The number of hydrogen-bond acceptors (Lipinski definition) is 7. The van der Waals surface area contributed by atoms with Gasteiger partial charge in [0.25, 0.3) is 5.91 Å². The number of amides is 2. The zero-order valence-corrected chi connectivity index (χ0v) is 16.9. The number of aromatic nitrogens is 2. The van der Waals surface area contributed by atoms with E-state index in [1.807, 2.05) is 34.1 Å². The number of nitrogens with zero attached hydrogens (tertiary/aromatic N) is 4. The van der Waals surface area contributed by atoms with Crippen LogP contribution in [0.15, 0.2) is 30.5 Å². The summed E-state index contributed by atoms with van der Waals surface area (Å²) >= 11 is 0. The second-order valence-electron chi connectivity index (χ2n) is 6.68. The fourth-order valence-electron chi connectivity index (χ4n) is 3.23. The molecule has 0 unspecified atom stereocenters. The van der Waals surface area contributed by atoms with Gasteiger partial charge in [-0.3, -0.25) is 9.59 Å². The highest BCUT2D eigenvalue weighted by Crippen LogP contribution is 2.28. The normalized spacial score (nSPS) is 14.2. The molecule has 0 spiro atoms. The molecule has 1 aliphatic heterocycles. The van der Waals surface area contributed by atoms with Gasteiger partial charge in [0.1, 0.15) is 17.1 Å². The topological polar surface area (TPSA) is 99.7 Å². The lowest BCUT2D eigenvalue weighted by molar-refractivity contribution is -0.128. The first-order chi connectivity index (χ1) is 14.0. The average molecular weight is 398 g/mol. The van der Waals surface area contributed by atoms with Crippen molar-refractivity contribution in [2.75, 3.05) is 50.6 Å². The van der Waals surface area contributed by atoms with Crippen LogP contribution in [0.1, 0.15) is 23.7 Å². The lowest BCUT2D eigenvalue weighted by Gasteiger charge is -2.22. The van der Waals surface area contributed by atoms with Crippen LogP contribution in [0.2, 0.25) is 0 Å². The Hall–Kier alpha value is -3.36. The van der Waals surface area contributed by atoms with Gasteiger partial charge < -0.3 is 25.2 Å². The highest BCUT2D eigenvalue weighted by molar-refractivity contribution is 5.99. The van der Waals surface area contributed by atoms with E-state index in [0.29, 0.717) is 48.4 Å². The predicted octanol–water partition coefficient (Wildman–Crippen LogP) is 1.65. The van der Waals surface area contributed by atoms with E-state index in [0.717, 1.165) is 13.0 Å². The van der Waals surface area contributed by atoms with E-state index in [1.54, 1.807) is 21.1 Å². The first-order valence-electron chi connectivity index (χ1n) is 9.53. The molecule has 2 aromatic rings. The van der Waals surface area contributed by atoms with E-state index in [4.69, 9.17) is 4.74 Å². The Labute approximate surface area is 170 Å². The second-order valence-corrected chi connectivity index (χ2v) is 6.68. The van der Waals surface area contributed by atoms with Crippen LogP contribution in [0.5, 0.6) is 5.75 Å². The molecule has 9 nitrogen and oxygen atoms in total. The predicted molar refractivity (Wildman–Crippen MR) is 111 cm³/mol. The van der Waals surface area contributed by atoms with Crippen LogP contribution in [-0.4, -0.2) is 67.0 Å². The van der Waals surface area contributed by atoms with Crippen LogP contribution in [0.4, 0.5) is 17.5 Å². The molecule has 2 amide bonds. The highest BCUT2D eigenvalue weighted by atomic mass is 16.5. The molecular formula is C20H26N6O3. The number of carbonyl (C=O) groups is 2. The standard InChI is InChI=1S/C20H26N6O3/c1-14(27)25-9-6-10-26(12-11-25)20-22-13-15(19(28)21-2)18(24-20)23-16-7-4-5-8-17(16)29-3/h4-5,7-8,13H,6,9-12H2,1-3H3,(H,21,28)(H,22,23,24). The molecule has 0 radical (unpaired) electrons. The van der Waals surface area contributed by atoms with E-state index >= 15 is 0 Å². The summed E-state index contributed by atoms with van der Waals surface area (Å²) in [7, 11) is 3.15. The molecule has 1 aliphatic rings. The molecule has 154 valence electrons. The van der Waals surface area contributed by atoms with E-state index in [2.05, 4.69) is 20.6 Å². The Kier molecular flexibility index (Phi) is 6.48. The zero-order valence-electron chi connectivity index (χ0n) is 16.9. The number of rotatable bonds is 5. The zero-order chi connectivity index (χ0) is 20.8. The number of ether oxygens (including phenoxy) is 1. The Morgan fingerprint density at radius 2 is 1.93 bits per heavy atom. The number of carbonyl (C=O) groups excluding carboxylic acids is 2. The second kappa shape index (κ2) is 9.22. The van der Waals surface area contributed by atoms with Crippen LogP contribution >= 0.6 is 0 Å².